The van der Waals surface area contributed by atoms with Crippen molar-refractivity contribution in [3.05, 3.63) is 313 Å². The summed E-state index contributed by atoms with van der Waals surface area (Å²) in [6.07, 6.45) is 21.5. The number of halogens is 2. The highest BCUT2D eigenvalue weighted by Gasteiger charge is 2.34. The highest BCUT2D eigenvalue weighted by Crippen LogP contribution is 2.35. The number of aromatic nitrogens is 15. The lowest BCUT2D eigenvalue weighted by Gasteiger charge is -2.31. The van der Waals surface area contributed by atoms with Gasteiger partial charge in [-0.3, -0.25) is 51.7 Å². The van der Waals surface area contributed by atoms with Crippen molar-refractivity contribution in [1.82, 2.24) is 77.8 Å². The summed E-state index contributed by atoms with van der Waals surface area (Å²) in [5, 5.41) is 10.6. The molecule has 9 aromatic heterocycles. The molecule has 6 aliphatic rings. The highest BCUT2D eigenvalue weighted by atomic mass is 35.5. The number of aryl methyl sites for hydroxylation is 2. The van der Waals surface area contributed by atoms with Gasteiger partial charge in [-0.2, -0.15) is 5.10 Å². The average Bonchev–Trinajstić information content (AvgIpc) is 1.12. The fourth-order valence-electron chi connectivity index (χ4n) is 16.3. The molecule has 0 saturated carbocycles. The minimum absolute atomic E-state index is 0.0387. The van der Waals surface area contributed by atoms with Crippen LogP contribution < -0.4 is 27.8 Å². The summed E-state index contributed by atoms with van der Waals surface area (Å²) in [5.41, 5.74) is 9.70. The van der Waals surface area contributed by atoms with Gasteiger partial charge in [0.25, 0.3) is 27.8 Å². The Bertz CT molecular complexity index is 6990. The first kappa shape index (κ1) is 82.0. The van der Waals surface area contributed by atoms with Gasteiger partial charge in [-0.25, -0.2) is 44.3 Å². The van der Waals surface area contributed by atoms with Crippen molar-refractivity contribution in [3.63, 3.8) is 0 Å². The Morgan fingerprint density at radius 3 is 1.34 bits per heavy atom. The van der Waals surface area contributed by atoms with Crippen LogP contribution in [0.1, 0.15) is 174 Å². The molecule has 0 amide bonds. The summed E-state index contributed by atoms with van der Waals surface area (Å²) in [6.45, 7) is 22.8. The van der Waals surface area contributed by atoms with Crippen LogP contribution >= 0.6 is 11.6 Å². The number of hydrogen-bond acceptors (Lipinski definition) is 16. The zero-order chi connectivity index (χ0) is 85.2. The maximum absolute atomic E-state index is 14.6. The predicted octanol–water partition coefficient (Wildman–Crippen LogP) is 14.2. The lowest BCUT2D eigenvalue weighted by Crippen LogP contribution is -2.43. The molecular weight excluding hydrogens is 1550 g/mol. The van der Waals surface area contributed by atoms with Crippen molar-refractivity contribution < 1.29 is 4.39 Å². The number of pyridine rings is 3. The van der Waals surface area contributed by atoms with E-state index in [4.69, 9.17) is 33.0 Å². The van der Waals surface area contributed by atoms with Crippen LogP contribution in [0.3, 0.4) is 0 Å². The number of rotatable bonds is 0. The van der Waals surface area contributed by atoms with Crippen molar-refractivity contribution in [2.45, 2.75) is 165 Å². The van der Waals surface area contributed by atoms with Crippen molar-refractivity contribution in [2.24, 2.45) is 21.7 Å². The Kier molecular flexibility index (Phi) is 23.0. The molecule has 0 spiro atoms. The number of benzene rings is 5. The van der Waals surface area contributed by atoms with Crippen LogP contribution in [0.2, 0.25) is 5.02 Å². The van der Waals surface area contributed by atoms with Gasteiger partial charge in [-0.1, -0.05) is 115 Å². The highest BCUT2D eigenvalue weighted by molar-refractivity contribution is 6.35. The minimum Gasteiger partial charge on any atom is -0.296 e. The van der Waals surface area contributed by atoms with E-state index in [0.29, 0.717) is 103 Å². The second kappa shape index (κ2) is 34.2. The van der Waals surface area contributed by atoms with Crippen LogP contribution in [-0.4, -0.2) is 90.4 Å². The van der Waals surface area contributed by atoms with Gasteiger partial charge < -0.3 is 0 Å². The van der Waals surface area contributed by atoms with E-state index < -0.39 is 5.82 Å². The quantitative estimate of drug-likeness (QED) is 0.128. The summed E-state index contributed by atoms with van der Waals surface area (Å²) < 4.78 is 23.5. The number of fused-ring (bicyclic) bond motifs is 11. The molecule has 5 aromatic carbocycles. The fourth-order valence-corrected chi connectivity index (χ4v) is 16.6. The number of nitrogens with zero attached hydrogens (tertiary/aromatic N) is 16. The predicted molar refractivity (Wildman–Crippen MR) is 473 cm³/mol. The molecule has 14 aromatic rings. The zero-order valence-corrected chi connectivity index (χ0v) is 70.0. The van der Waals surface area contributed by atoms with Gasteiger partial charge in [0.05, 0.1) is 60.7 Å². The van der Waals surface area contributed by atoms with Gasteiger partial charge in [0.1, 0.15) is 63.1 Å². The van der Waals surface area contributed by atoms with Gasteiger partial charge in [0.15, 0.2) is 0 Å². The van der Waals surface area contributed by atoms with E-state index in [-0.39, 0.29) is 54.8 Å². The first-order valence-electron chi connectivity index (χ1n) is 41.0. The standard InChI is InChI=1S/C21H18ClN3O.C21H18FN3O.C21H18N4O.C20H18N4O.C16H16N2O/c2*1-21(2)8-10-25-18(13-21)24-17-12-14(11-16(22)19(17)20(25)26)6-7-15-5-3-4-9-23-15;26-21-18-9-7-15(6-8-16-4-1-2-10-22-16)12-19(18)23-20-14-24-11-3-5-17(24)13-25(20)21;1-20(2)10-9-18-22-17-12-14(5-7-15-4-3-11-21-23-15)6-8-16(17)19(25)24(18)13-20;1-4-11-5-6-12-13(9-11)17-14-7-8-16(2,3)10-18(14)15(12)19/h2*3-5,9,11-12H,8,10,13H2,1-2H3;1-2,4,7,9-10,12,17H,3,5,11,13-14H2;3-4,6,8,11-12H,9-10,13H2,1-2H3;1,5-6,9H,7-8,10H2,2-3H3/t;;17-;;/m..1../s1. The monoisotopic (exact) mass is 1630 g/mol. The third-order valence-corrected chi connectivity index (χ3v) is 23.4. The normalized spacial score (nSPS) is 16.3. The summed E-state index contributed by atoms with van der Waals surface area (Å²) in [5.74, 6) is 30.3. The molecule has 1 saturated heterocycles. The number of terminal acetylenes is 1. The Morgan fingerprint density at radius 1 is 0.410 bits per heavy atom. The second-order valence-corrected chi connectivity index (χ2v) is 35.2. The van der Waals surface area contributed by atoms with Crippen LogP contribution in [0.15, 0.2) is 194 Å². The van der Waals surface area contributed by atoms with E-state index in [1.165, 1.54) is 18.9 Å². The van der Waals surface area contributed by atoms with Crippen LogP contribution in [0.5, 0.6) is 0 Å². The van der Waals surface area contributed by atoms with Gasteiger partial charge in [-0.05, 0) is 218 Å². The zero-order valence-electron chi connectivity index (χ0n) is 69.3. The molecule has 15 heterocycles. The molecular formula is C99H88ClFN16O5. The Hall–Kier alpha value is -13.7. The molecule has 6 aliphatic heterocycles. The van der Waals surface area contributed by atoms with Crippen LogP contribution in [-0.2, 0) is 65.0 Å². The molecule has 0 aliphatic carbocycles. The van der Waals surface area contributed by atoms with Crippen molar-refractivity contribution in [2.75, 3.05) is 6.54 Å². The molecule has 608 valence electrons. The molecule has 0 N–H and O–H groups in total. The molecule has 122 heavy (non-hydrogen) atoms. The summed E-state index contributed by atoms with van der Waals surface area (Å²) >= 11 is 6.41. The topological polar surface area (TPSA) is 242 Å². The summed E-state index contributed by atoms with van der Waals surface area (Å²) in [4.78, 5) is 102. The van der Waals surface area contributed by atoms with E-state index in [1.807, 2.05) is 117 Å². The molecule has 1 atom stereocenters. The van der Waals surface area contributed by atoms with E-state index in [2.05, 4.69) is 149 Å². The maximum Gasteiger partial charge on any atom is 0.264 e. The van der Waals surface area contributed by atoms with Crippen LogP contribution in [0.25, 0.3) is 54.5 Å². The molecule has 21 nitrogen and oxygen atoms in total. The average molecular weight is 1640 g/mol. The lowest BCUT2D eigenvalue weighted by molar-refractivity contribution is 0.181. The Morgan fingerprint density at radius 2 is 0.844 bits per heavy atom. The lowest BCUT2D eigenvalue weighted by atomic mass is 9.83. The molecule has 20 rings (SSSR count). The second-order valence-electron chi connectivity index (χ2n) is 34.8. The third-order valence-electron chi connectivity index (χ3n) is 23.1. The van der Waals surface area contributed by atoms with Crippen molar-refractivity contribution >= 4 is 66.1 Å². The van der Waals surface area contributed by atoms with Gasteiger partial charge in [0.2, 0.25) is 0 Å². The maximum atomic E-state index is 14.6. The SMILES string of the molecule is C#Cc1ccc2c(=O)n3c(nc2c1)CCC(C)(C)C3.CC1(C)CCc2nc3cc(C#Cc4cccnn4)ccc3c(=O)n2C1.CC1(C)CCn2c(nc3cc(C#Cc4ccccn4)cc(Cl)c3c2=O)C1.CC1(C)CCn2c(nc3cc(C#Cc4ccccn4)cc(F)c3c2=O)C1.O=c1c2ccc(C#Cc3ccccn3)cc2nc2n1C[C@H]1CCCN1C2. The molecule has 0 bridgehead atoms. The molecule has 0 radical (unpaired) electrons. The van der Waals surface area contributed by atoms with Gasteiger partial charge in [-0.15, -0.1) is 11.5 Å². The number of hydrogen-bond donors (Lipinski definition) is 0. The van der Waals surface area contributed by atoms with Gasteiger partial charge in [0, 0.05) is 117 Å². The van der Waals surface area contributed by atoms with E-state index in [1.54, 1.807) is 70.3 Å². The molecule has 23 heteroatoms. The Labute approximate surface area is 709 Å². The Balaban J connectivity index is 0.000000114. The van der Waals surface area contributed by atoms with Crippen LogP contribution in [0.4, 0.5) is 4.39 Å². The van der Waals surface area contributed by atoms with Crippen LogP contribution in [0, 0.1) is 87.2 Å². The largest absolute Gasteiger partial charge is 0.296 e. The van der Waals surface area contributed by atoms with Gasteiger partial charge >= 0.3 is 0 Å². The van der Waals surface area contributed by atoms with E-state index >= 15 is 0 Å². The first-order valence-corrected chi connectivity index (χ1v) is 41.4. The molecule has 1 fully saturated rings. The third kappa shape index (κ3) is 18.4. The van der Waals surface area contributed by atoms with Crippen molar-refractivity contribution in [3.8, 4) is 59.7 Å². The van der Waals surface area contributed by atoms with E-state index in [9.17, 15) is 28.4 Å². The summed E-state index contributed by atoms with van der Waals surface area (Å²) in [6, 6.07) is 43.9. The smallest absolute Gasteiger partial charge is 0.264 e. The fraction of sp³-hybridized carbons (Fsp3) is 0.303. The summed E-state index contributed by atoms with van der Waals surface area (Å²) in [7, 11) is 0. The van der Waals surface area contributed by atoms with E-state index in [0.717, 1.165) is 134 Å². The minimum atomic E-state index is -0.578. The molecule has 0 unspecified atom stereocenters. The van der Waals surface area contributed by atoms with Crippen molar-refractivity contribution in [1.29, 1.82) is 0 Å². The first-order chi connectivity index (χ1) is 58.6.